The van der Waals surface area contributed by atoms with Crippen molar-refractivity contribution in [3.63, 3.8) is 0 Å². The maximum atomic E-state index is 10.6. The van der Waals surface area contributed by atoms with Crippen molar-refractivity contribution in [1.29, 1.82) is 0 Å². The normalized spacial score (nSPS) is 17.8. The van der Waals surface area contributed by atoms with Crippen molar-refractivity contribution in [2.75, 3.05) is 13.7 Å². The van der Waals surface area contributed by atoms with Crippen LogP contribution in [0.1, 0.15) is 17.5 Å². The zero-order valence-corrected chi connectivity index (χ0v) is 18.8. The van der Waals surface area contributed by atoms with Crippen LogP contribution in [-0.2, 0) is 22.6 Å². The number of benzene rings is 1. The van der Waals surface area contributed by atoms with Crippen LogP contribution in [0.25, 0.3) is 0 Å². The van der Waals surface area contributed by atoms with Crippen LogP contribution in [0.3, 0.4) is 0 Å². The average molecular weight is 526 g/mol. The van der Waals surface area contributed by atoms with Crippen LogP contribution in [0.5, 0.6) is 5.75 Å². The van der Waals surface area contributed by atoms with E-state index in [-0.39, 0.29) is 12.1 Å². The van der Waals surface area contributed by atoms with E-state index < -0.39 is 24.3 Å². The van der Waals surface area contributed by atoms with Gasteiger partial charge in [0.1, 0.15) is 5.75 Å². The van der Waals surface area contributed by atoms with Gasteiger partial charge in [0.15, 0.2) is 0 Å². The summed E-state index contributed by atoms with van der Waals surface area (Å²) in [5.41, 5.74) is 2.47. The number of aliphatic carboxylic acids is 2. The third-order valence-electron chi connectivity index (χ3n) is 4.85. The van der Waals surface area contributed by atoms with Crippen LogP contribution in [0.15, 0.2) is 48.8 Å². The van der Waals surface area contributed by atoms with E-state index in [9.17, 15) is 31.4 Å². The van der Waals surface area contributed by atoms with E-state index >= 15 is 0 Å². The van der Waals surface area contributed by atoms with Gasteiger partial charge in [0, 0.05) is 31.5 Å². The number of likely N-dealkylation sites (tertiary alicyclic amines) is 1. The molecule has 2 heterocycles. The SMILES string of the molecule is COc1ccc(CN2CC[C@H](O)[C@@H]2Cc2ccncc2)cc1.O=C(O)C(F)(F)F.O=C(O)C(F)(F)F. The highest BCUT2D eigenvalue weighted by Crippen LogP contribution is 2.24. The molecule has 36 heavy (non-hydrogen) atoms. The van der Waals surface area contributed by atoms with Crippen LogP contribution < -0.4 is 4.74 Å². The molecule has 1 fully saturated rings. The first-order valence-corrected chi connectivity index (χ1v) is 10.2. The molecule has 0 spiro atoms. The van der Waals surface area contributed by atoms with Gasteiger partial charge in [0.25, 0.3) is 0 Å². The quantitative estimate of drug-likeness (QED) is 0.507. The Kier molecular flexibility index (Phi) is 11.6. The van der Waals surface area contributed by atoms with E-state index in [0.717, 1.165) is 31.7 Å². The molecular weight excluding hydrogens is 502 g/mol. The Balaban J connectivity index is 0.000000383. The smallest absolute Gasteiger partial charge is 0.490 e. The molecule has 0 amide bonds. The van der Waals surface area contributed by atoms with Crippen molar-refractivity contribution in [2.45, 2.75) is 43.9 Å². The highest BCUT2D eigenvalue weighted by Gasteiger charge is 2.39. The van der Waals surface area contributed by atoms with E-state index in [0.29, 0.717) is 0 Å². The van der Waals surface area contributed by atoms with Crippen LogP contribution in [0.4, 0.5) is 26.3 Å². The van der Waals surface area contributed by atoms with Gasteiger partial charge < -0.3 is 20.1 Å². The highest BCUT2D eigenvalue weighted by molar-refractivity contribution is 5.73. The van der Waals surface area contributed by atoms with Gasteiger partial charge in [-0.2, -0.15) is 26.3 Å². The first-order chi connectivity index (χ1) is 16.6. The van der Waals surface area contributed by atoms with Gasteiger partial charge in [-0.05, 0) is 48.2 Å². The van der Waals surface area contributed by atoms with E-state index in [4.69, 9.17) is 24.5 Å². The first kappa shape index (κ1) is 30.6. The number of carboxylic acid groups (broad SMARTS) is 2. The third-order valence-corrected chi connectivity index (χ3v) is 4.85. The summed E-state index contributed by atoms with van der Waals surface area (Å²) in [6, 6.07) is 12.4. The summed E-state index contributed by atoms with van der Waals surface area (Å²) in [6.45, 7) is 1.79. The molecule has 1 saturated heterocycles. The number of nitrogens with zero attached hydrogens (tertiary/aromatic N) is 2. The third kappa shape index (κ3) is 10.9. The molecule has 14 heteroatoms. The zero-order chi connectivity index (χ0) is 27.5. The van der Waals surface area contributed by atoms with Crippen molar-refractivity contribution < 1.29 is 56.0 Å². The Bertz CT molecular complexity index is 930. The Hall–Kier alpha value is -3.39. The Labute approximate surface area is 201 Å². The molecular formula is C22H24F6N2O6. The number of halogens is 6. The maximum absolute atomic E-state index is 10.6. The lowest BCUT2D eigenvalue weighted by Crippen LogP contribution is -2.36. The molecule has 2 aromatic rings. The minimum Gasteiger partial charge on any atom is -0.497 e. The minimum absolute atomic E-state index is 0.171. The Morgan fingerprint density at radius 2 is 1.42 bits per heavy atom. The molecule has 1 aromatic heterocycles. The van der Waals surface area contributed by atoms with Gasteiger partial charge in [0.05, 0.1) is 13.2 Å². The van der Waals surface area contributed by atoms with Gasteiger partial charge in [-0.25, -0.2) is 9.59 Å². The van der Waals surface area contributed by atoms with Crippen molar-refractivity contribution in [3.05, 3.63) is 59.9 Å². The standard InChI is InChI=1S/C18H22N2O2.2C2HF3O2/c1-22-16-4-2-15(3-5-16)13-20-11-8-18(21)17(20)12-14-6-9-19-10-7-14;2*3-2(4,5)1(6)7/h2-7,9-10,17-18,21H,8,11-13H2,1H3;2*(H,6,7)/t17-,18-;;/m0../s1. The van der Waals surface area contributed by atoms with E-state index in [1.165, 1.54) is 11.1 Å². The molecule has 0 unspecified atom stereocenters. The summed E-state index contributed by atoms with van der Waals surface area (Å²) in [6.07, 6.45) is -5.10. The van der Waals surface area contributed by atoms with Crippen LogP contribution >= 0.6 is 0 Å². The largest absolute Gasteiger partial charge is 0.497 e. The fourth-order valence-corrected chi connectivity index (χ4v) is 3.09. The lowest BCUT2D eigenvalue weighted by Gasteiger charge is -2.26. The predicted octanol–water partition coefficient (Wildman–Crippen LogP) is 3.53. The predicted molar refractivity (Wildman–Crippen MR) is 113 cm³/mol. The summed E-state index contributed by atoms with van der Waals surface area (Å²) in [5, 5.41) is 24.6. The molecule has 1 aromatic carbocycles. The van der Waals surface area contributed by atoms with Gasteiger partial charge in [-0.3, -0.25) is 9.88 Å². The summed E-state index contributed by atoms with van der Waals surface area (Å²) in [4.78, 5) is 24.2. The number of rotatable bonds is 5. The second-order valence-corrected chi connectivity index (χ2v) is 7.41. The number of methoxy groups -OCH3 is 1. The zero-order valence-electron chi connectivity index (χ0n) is 18.8. The number of hydrogen-bond donors (Lipinski definition) is 3. The molecule has 1 aliphatic rings. The number of aliphatic hydroxyl groups excluding tert-OH is 1. The maximum Gasteiger partial charge on any atom is 0.490 e. The Morgan fingerprint density at radius 3 is 1.83 bits per heavy atom. The van der Waals surface area contributed by atoms with Crippen LogP contribution in [0.2, 0.25) is 0 Å². The number of pyridine rings is 1. The van der Waals surface area contributed by atoms with Gasteiger partial charge in [-0.15, -0.1) is 0 Å². The molecule has 1 aliphatic heterocycles. The molecule has 0 aliphatic carbocycles. The van der Waals surface area contributed by atoms with E-state index in [2.05, 4.69) is 22.0 Å². The number of carboxylic acids is 2. The summed E-state index contributed by atoms with van der Waals surface area (Å²) >= 11 is 0. The highest BCUT2D eigenvalue weighted by atomic mass is 19.4. The molecule has 2 atom stereocenters. The monoisotopic (exact) mass is 526 g/mol. The summed E-state index contributed by atoms with van der Waals surface area (Å²) in [5.74, 6) is -4.64. The summed E-state index contributed by atoms with van der Waals surface area (Å²) in [7, 11) is 1.68. The van der Waals surface area contributed by atoms with Crippen molar-refractivity contribution >= 4 is 11.9 Å². The first-order valence-electron chi connectivity index (χ1n) is 10.2. The van der Waals surface area contributed by atoms with Crippen molar-refractivity contribution in [3.8, 4) is 5.75 Å². The molecule has 8 nitrogen and oxygen atoms in total. The minimum atomic E-state index is -5.08. The second-order valence-electron chi connectivity index (χ2n) is 7.41. The number of alkyl halides is 6. The van der Waals surface area contributed by atoms with Gasteiger partial charge in [-0.1, -0.05) is 12.1 Å². The van der Waals surface area contributed by atoms with E-state index in [1.54, 1.807) is 7.11 Å². The molecule has 200 valence electrons. The van der Waals surface area contributed by atoms with Crippen LogP contribution in [-0.4, -0.2) is 75.3 Å². The number of ether oxygens (including phenoxy) is 1. The van der Waals surface area contributed by atoms with Crippen molar-refractivity contribution in [2.24, 2.45) is 0 Å². The molecule has 3 N–H and O–H groups in total. The van der Waals surface area contributed by atoms with Gasteiger partial charge in [0.2, 0.25) is 0 Å². The Morgan fingerprint density at radius 1 is 0.944 bits per heavy atom. The fourth-order valence-electron chi connectivity index (χ4n) is 3.09. The average Bonchev–Trinajstić information content (AvgIpc) is 3.13. The summed E-state index contributed by atoms with van der Waals surface area (Å²) < 4.78 is 68.7. The number of aliphatic hydroxyl groups is 1. The molecule has 0 bridgehead atoms. The fraction of sp³-hybridized carbons (Fsp3) is 0.409. The second kappa shape index (κ2) is 13.6. The molecule has 0 radical (unpaired) electrons. The topological polar surface area (TPSA) is 120 Å². The van der Waals surface area contributed by atoms with Crippen molar-refractivity contribution in [1.82, 2.24) is 9.88 Å². The molecule has 3 rings (SSSR count). The molecule has 0 saturated carbocycles. The lowest BCUT2D eigenvalue weighted by molar-refractivity contribution is -0.193. The van der Waals surface area contributed by atoms with Gasteiger partial charge >= 0.3 is 24.3 Å². The van der Waals surface area contributed by atoms with Crippen LogP contribution in [0, 0.1) is 0 Å². The number of carbonyl (C=O) groups is 2. The lowest BCUT2D eigenvalue weighted by atomic mass is 10.0. The van der Waals surface area contributed by atoms with E-state index in [1.807, 2.05) is 36.7 Å². The number of hydrogen-bond acceptors (Lipinski definition) is 6. The number of aromatic nitrogens is 1.